The van der Waals surface area contributed by atoms with E-state index in [4.69, 9.17) is 9.72 Å². The van der Waals surface area contributed by atoms with Gasteiger partial charge in [-0.1, -0.05) is 19.9 Å². The summed E-state index contributed by atoms with van der Waals surface area (Å²) in [6.45, 7) is 12.0. The molecule has 0 spiro atoms. The van der Waals surface area contributed by atoms with E-state index in [2.05, 4.69) is 30.5 Å². The Balaban J connectivity index is 1.46. The van der Waals surface area contributed by atoms with Crippen LogP contribution in [0.25, 0.3) is 10.9 Å². The number of hydrogen-bond donors (Lipinski definition) is 0. The van der Waals surface area contributed by atoms with Crippen molar-refractivity contribution in [3.63, 3.8) is 0 Å². The van der Waals surface area contributed by atoms with Crippen molar-refractivity contribution in [3.05, 3.63) is 60.0 Å². The molecule has 4 rings (SSSR count). The number of likely N-dealkylation sites (tertiary alicyclic amines) is 1. The van der Waals surface area contributed by atoms with E-state index in [0.29, 0.717) is 30.4 Å². The van der Waals surface area contributed by atoms with Crippen molar-refractivity contribution in [1.82, 2.24) is 14.5 Å². The first-order valence-electron chi connectivity index (χ1n) is 11.9. The number of amides is 1. The van der Waals surface area contributed by atoms with E-state index < -0.39 is 15.4 Å². The molecule has 35 heavy (non-hydrogen) atoms. The summed E-state index contributed by atoms with van der Waals surface area (Å²) in [6.07, 6.45) is 5.75. The molecule has 0 bridgehead atoms. The molecule has 3 aromatic rings. The molecule has 7 nitrogen and oxygen atoms in total. The molecular formula is C27H35N3O4S. The van der Waals surface area contributed by atoms with Crippen LogP contribution in [-0.4, -0.2) is 53.9 Å². The van der Waals surface area contributed by atoms with Crippen molar-refractivity contribution in [3.8, 4) is 0 Å². The molecule has 2 aromatic heterocycles. The second-order valence-corrected chi connectivity index (χ2v) is 13.3. The van der Waals surface area contributed by atoms with Gasteiger partial charge in [-0.25, -0.2) is 13.2 Å². The Morgan fingerprint density at radius 2 is 1.91 bits per heavy atom. The van der Waals surface area contributed by atoms with Crippen LogP contribution in [0.3, 0.4) is 0 Å². The third kappa shape index (κ3) is 5.69. The van der Waals surface area contributed by atoms with Gasteiger partial charge in [-0.3, -0.25) is 4.98 Å². The van der Waals surface area contributed by atoms with Crippen LogP contribution >= 0.6 is 0 Å². The van der Waals surface area contributed by atoms with Crippen LogP contribution in [0.2, 0.25) is 0 Å². The zero-order chi connectivity index (χ0) is 25.6. The van der Waals surface area contributed by atoms with Crippen molar-refractivity contribution in [1.29, 1.82) is 0 Å². The minimum atomic E-state index is -3.24. The van der Waals surface area contributed by atoms with Gasteiger partial charge in [0.05, 0.1) is 17.1 Å². The normalized spacial score (nSPS) is 18.6. The van der Waals surface area contributed by atoms with Gasteiger partial charge in [0.2, 0.25) is 0 Å². The minimum Gasteiger partial charge on any atom is -0.444 e. The number of carbonyl (C=O) groups is 1. The number of hydrogen-bond acceptors (Lipinski definition) is 5. The zero-order valence-electron chi connectivity index (χ0n) is 21.4. The Labute approximate surface area is 208 Å². The van der Waals surface area contributed by atoms with Crippen LogP contribution in [0.1, 0.15) is 58.2 Å². The van der Waals surface area contributed by atoms with Crippen LogP contribution in [-0.2, 0) is 21.1 Å². The maximum absolute atomic E-state index is 12.6. The molecule has 8 heteroatoms. The molecule has 1 unspecified atom stereocenters. The predicted molar refractivity (Wildman–Crippen MR) is 137 cm³/mol. The molecule has 1 aromatic carbocycles. The highest BCUT2D eigenvalue weighted by Crippen LogP contribution is 2.42. The van der Waals surface area contributed by atoms with Gasteiger partial charge in [0.15, 0.2) is 9.84 Å². The number of benzene rings is 1. The summed E-state index contributed by atoms with van der Waals surface area (Å²) in [5, 5.41) is 0.892. The molecule has 188 valence electrons. The van der Waals surface area contributed by atoms with Gasteiger partial charge in [0.25, 0.3) is 0 Å². The zero-order valence-corrected chi connectivity index (χ0v) is 22.2. The second kappa shape index (κ2) is 8.97. The number of sulfone groups is 1. The summed E-state index contributed by atoms with van der Waals surface area (Å²) in [5.74, 6) is 0.296. The number of ether oxygens (including phenoxy) is 1. The lowest BCUT2D eigenvalue weighted by molar-refractivity contribution is 0.00477. The minimum absolute atomic E-state index is 0.105. The highest BCUT2D eigenvalue weighted by Gasteiger charge is 2.39. The van der Waals surface area contributed by atoms with Crippen LogP contribution in [0, 0.1) is 5.41 Å². The van der Waals surface area contributed by atoms with Gasteiger partial charge in [0.1, 0.15) is 5.60 Å². The molecule has 1 aliphatic heterocycles. The lowest BCUT2D eigenvalue weighted by Crippen LogP contribution is -2.48. The average Bonchev–Trinajstić information content (AvgIpc) is 3.14. The largest absolute Gasteiger partial charge is 0.444 e. The van der Waals surface area contributed by atoms with Gasteiger partial charge in [-0.15, -0.1) is 0 Å². The highest BCUT2D eigenvalue weighted by atomic mass is 32.2. The quantitative estimate of drug-likeness (QED) is 0.492. The first kappa shape index (κ1) is 25.2. The molecule has 0 N–H and O–H groups in total. The number of rotatable bonds is 4. The van der Waals surface area contributed by atoms with E-state index in [0.717, 1.165) is 23.0 Å². The summed E-state index contributed by atoms with van der Waals surface area (Å²) in [6, 6.07) is 11.3. The lowest BCUT2D eigenvalue weighted by Gasteiger charge is -2.44. The molecule has 0 aliphatic carbocycles. The number of fused-ring (bicyclic) bond motifs is 1. The predicted octanol–water partition coefficient (Wildman–Crippen LogP) is 5.24. The molecular weight excluding hydrogens is 462 g/mol. The van der Waals surface area contributed by atoms with E-state index >= 15 is 0 Å². The fraction of sp³-hybridized carbons (Fsp3) is 0.481. The molecule has 1 aliphatic rings. The van der Waals surface area contributed by atoms with Crippen molar-refractivity contribution in [2.45, 2.75) is 64.0 Å². The third-order valence-electron chi connectivity index (χ3n) is 6.63. The standard InChI is InChI=1S/C27H35N3O4S/c1-26(2,3)34-25(31)30-14-12-23(27(4,5)18-30)20-7-8-21(28-16-20)17-29-13-11-19-15-22(35(6,32)33)9-10-24(19)29/h7-11,13,15-16,23H,12,14,17-18H2,1-6H3. The summed E-state index contributed by atoms with van der Waals surface area (Å²) in [7, 11) is -3.24. The molecule has 0 saturated carbocycles. The smallest absolute Gasteiger partial charge is 0.410 e. The van der Waals surface area contributed by atoms with E-state index in [1.54, 1.807) is 12.1 Å². The van der Waals surface area contributed by atoms with Crippen LogP contribution < -0.4 is 0 Å². The van der Waals surface area contributed by atoms with E-state index in [1.165, 1.54) is 11.8 Å². The Morgan fingerprint density at radius 1 is 1.17 bits per heavy atom. The summed E-state index contributed by atoms with van der Waals surface area (Å²) in [4.78, 5) is 19.4. The van der Waals surface area contributed by atoms with E-state index in [9.17, 15) is 13.2 Å². The Hall–Kier alpha value is -2.87. The maximum atomic E-state index is 12.6. The van der Waals surface area contributed by atoms with Gasteiger partial charge < -0.3 is 14.2 Å². The molecule has 3 heterocycles. The van der Waals surface area contributed by atoms with Crippen molar-refractivity contribution in [2.24, 2.45) is 5.41 Å². The SMILES string of the molecule is CC(C)(C)OC(=O)N1CCC(c2ccc(Cn3ccc4cc(S(C)(=O)=O)ccc43)nc2)C(C)(C)C1. The van der Waals surface area contributed by atoms with Crippen LogP contribution in [0.15, 0.2) is 53.7 Å². The molecule has 1 saturated heterocycles. The average molecular weight is 498 g/mol. The lowest BCUT2D eigenvalue weighted by atomic mass is 9.71. The van der Waals surface area contributed by atoms with Gasteiger partial charge in [0, 0.05) is 42.6 Å². The monoisotopic (exact) mass is 497 g/mol. The fourth-order valence-electron chi connectivity index (χ4n) is 4.91. The van der Waals surface area contributed by atoms with Gasteiger partial charge >= 0.3 is 6.09 Å². The van der Waals surface area contributed by atoms with Crippen LogP contribution in [0.5, 0.6) is 0 Å². The van der Waals surface area contributed by atoms with E-state index in [1.807, 2.05) is 50.2 Å². The number of piperidine rings is 1. The van der Waals surface area contributed by atoms with Gasteiger partial charge in [-0.05, 0) is 74.4 Å². The first-order chi connectivity index (χ1) is 16.2. The van der Waals surface area contributed by atoms with Crippen molar-refractivity contribution in [2.75, 3.05) is 19.3 Å². The topological polar surface area (TPSA) is 81.5 Å². The number of carbonyl (C=O) groups excluding carboxylic acids is 1. The molecule has 0 radical (unpaired) electrons. The summed E-state index contributed by atoms with van der Waals surface area (Å²) < 4.78 is 31.3. The molecule has 1 atom stereocenters. The van der Waals surface area contributed by atoms with Gasteiger partial charge in [-0.2, -0.15) is 0 Å². The number of nitrogens with zero attached hydrogens (tertiary/aromatic N) is 3. The molecule has 1 fully saturated rings. The highest BCUT2D eigenvalue weighted by molar-refractivity contribution is 7.90. The number of aromatic nitrogens is 2. The van der Waals surface area contributed by atoms with Crippen molar-refractivity contribution >= 4 is 26.8 Å². The Kier molecular flexibility index (Phi) is 6.47. The van der Waals surface area contributed by atoms with Crippen LogP contribution in [0.4, 0.5) is 4.79 Å². The first-order valence-corrected chi connectivity index (χ1v) is 13.8. The fourth-order valence-corrected chi connectivity index (χ4v) is 5.57. The summed E-state index contributed by atoms with van der Waals surface area (Å²) in [5.41, 5.74) is 2.48. The second-order valence-electron chi connectivity index (χ2n) is 11.3. The van der Waals surface area contributed by atoms with Crippen molar-refractivity contribution < 1.29 is 17.9 Å². The Bertz CT molecular complexity index is 1330. The Morgan fingerprint density at radius 3 is 2.51 bits per heavy atom. The van der Waals surface area contributed by atoms with E-state index in [-0.39, 0.29) is 11.5 Å². The molecule has 1 amide bonds. The number of pyridine rings is 1. The maximum Gasteiger partial charge on any atom is 0.410 e. The third-order valence-corrected chi connectivity index (χ3v) is 7.74. The summed E-state index contributed by atoms with van der Waals surface area (Å²) >= 11 is 0.